The van der Waals surface area contributed by atoms with Crippen LogP contribution in [-0.2, 0) is 23.0 Å². The van der Waals surface area contributed by atoms with Crippen LogP contribution < -0.4 is 4.72 Å². The predicted octanol–water partition coefficient (Wildman–Crippen LogP) is 2.77. The van der Waals surface area contributed by atoms with E-state index in [1.807, 2.05) is 6.92 Å². The van der Waals surface area contributed by atoms with Gasteiger partial charge in [-0.25, -0.2) is 13.1 Å². The molecule has 0 unspecified atom stereocenters. The smallest absolute Gasteiger partial charge is 0.273 e. The number of furan rings is 1. The molecule has 0 aliphatic carbocycles. The van der Waals surface area contributed by atoms with Crippen LogP contribution in [0.2, 0.25) is 0 Å². The normalized spacial score (nSPS) is 14.5. The molecule has 0 saturated heterocycles. The molecular weight excluding hydrogens is 408 g/mol. The zero-order chi connectivity index (χ0) is 18.4. The number of sulfonamides is 1. The van der Waals surface area contributed by atoms with Gasteiger partial charge >= 0.3 is 0 Å². The number of halogens is 1. The van der Waals surface area contributed by atoms with Crippen LogP contribution >= 0.6 is 15.9 Å². The van der Waals surface area contributed by atoms with E-state index in [1.54, 1.807) is 11.8 Å². The molecule has 1 aromatic carbocycles. The van der Waals surface area contributed by atoms with Gasteiger partial charge in [-0.1, -0.05) is 22.0 Å². The highest BCUT2D eigenvalue weighted by Crippen LogP contribution is 2.29. The first-order valence-electron chi connectivity index (χ1n) is 7.84. The van der Waals surface area contributed by atoms with Crippen LogP contribution in [0.3, 0.4) is 0 Å². The van der Waals surface area contributed by atoms with Crippen LogP contribution in [0, 0.1) is 13.8 Å². The van der Waals surface area contributed by atoms with E-state index in [4.69, 9.17) is 4.42 Å². The molecule has 0 bridgehead atoms. The monoisotopic (exact) mass is 426 g/mol. The van der Waals surface area contributed by atoms with E-state index in [2.05, 4.69) is 32.8 Å². The highest BCUT2D eigenvalue weighted by atomic mass is 79.9. The highest BCUT2D eigenvalue weighted by molar-refractivity contribution is 9.10. The topological polar surface area (TPSA) is 79.6 Å². The Kier molecular flexibility index (Phi) is 4.78. The van der Waals surface area contributed by atoms with Gasteiger partial charge in [-0.05, 0) is 50.1 Å². The molecule has 8 heteroatoms. The minimum Gasteiger partial charge on any atom is -0.448 e. The Labute approximate surface area is 155 Å². The number of rotatable bonds is 3. The van der Waals surface area contributed by atoms with Crippen LogP contribution in [0.5, 0.6) is 0 Å². The Bertz CT molecular complexity index is 950. The molecule has 0 atom stereocenters. The average Bonchev–Trinajstić information content (AvgIpc) is 2.96. The van der Waals surface area contributed by atoms with E-state index in [0.29, 0.717) is 18.8 Å². The van der Waals surface area contributed by atoms with Crippen molar-refractivity contribution >= 4 is 31.9 Å². The summed E-state index contributed by atoms with van der Waals surface area (Å²) < 4.78 is 32.3. The van der Waals surface area contributed by atoms with Gasteiger partial charge in [0.05, 0.1) is 5.56 Å². The van der Waals surface area contributed by atoms with Gasteiger partial charge in [-0.3, -0.25) is 4.79 Å². The highest BCUT2D eigenvalue weighted by Gasteiger charge is 2.28. The summed E-state index contributed by atoms with van der Waals surface area (Å²) >= 11 is 3.59. The molecule has 1 amide bonds. The van der Waals surface area contributed by atoms with Crippen molar-refractivity contribution in [3.8, 4) is 0 Å². The summed E-state index contributed by atoms with van der Waals surface area (Å²) in [6.45, 7) is 4.68. The summed E-state index contributed by atoms with van der Waals surface area (Å²) in [5.74, 6) is 0.0807. The van der Waals surface area contributed by atoms with Crippen molar-refractivity contribution in [1.82, 2.24) is 9.62 Å². The van der Waals surface area contributed by atoms with Crippen molar-refractivity contribution in [1.29, 1.82) is 0 Å². The second kappa shape index (κ2) is 6.59. The van der Waals surface area contributed by atoms with Crippen molar-refractivity contribution < 1.29 is 17.6 Å². The summed E-state index contributed by atoms with van der Waals surface area (Å²) in [6.07, 6.45) is 0.751. The van der Waals surface area contributed by atoms with E-state index < -0.39 is 10.0 Å². The molecule has 1 N–H and O–H groups in total. The van der Waals surface area contributed by atoms with Gasteiger partial charge < -0.3 is 9.32 Å². The van der Waals surface area contributed by atoms with Crippen molar-refractivity contribution in [3.05, 3.63) is 50.7 Å². The number of carbonyl (C=O) groups is 1. The third kappa shape index (κ3) is 3.38. The molecule has 3 rings (SSSR count). The molecule has 0 saturated carbocycles. The minimum absolute atomic E-state index is 0.220. The zero-order valence-corrected chi connectivity index (χ0v) is 16.6. The molecule has 0 spiro atoms. The fourth-order valence-corrected chi connectivity index (χ4v) is 4.56. The lowest BCUT2D eigenvalue weighted by molar-refractivity contribution is 0.0732. The summed E-state index contributed by atoms with van der Waals surface area (Å²) in [4.78, 5) is 14.6. The maximum atomic E-state index is 12.9. The SMILES string of the molecule is CNS(=O)(=O)c1cc(C(=O)N2CCc3c(Br)cc(C)cc3C2)c(C)o1. The third-order valence-electron chi connectivity index (χ3n) is 4.37. The number of hydrogen-bond donors (Lipinski definition) is 1. The van der Waals surface area contributed by atoms with E-state index in [9.17, 15) is 13.2 Å². The van der Waals surface area contributed by atoms with Crippen molar-refractivity contribution in [3.63, 3.8) is 0 Å². The lowest BCUT2D eigenvalue weighted by Crippen LogP contribution is -2.36. The Morgan fingerprint density at radius 3 is 2.68 bits per heavy atom. The Hall–Kier alpha value is -1.64. The van der Waals surface area contributed by atoms with Gasteiger partial charge in [0.2, 0.25) is 5.09 Å². The van der Waals surface area contributed by atoms with E-state index >= 15 is 0 Å². The number of carbonyl (C=O) groups excluding carboxylic acids is 1. The summed E-state index contributed by atoms with van der Waals surface area (Å²) in [6, 6.07) is 5.45. The standard InChI is InChI=1S/C17H19BrN2O4S/c1-10-6-12-9-20(5-4-13(12)15(18)7-10)17(21)14-8-16(24-11(14)2)25(22,23)19-3/h6-8,19H,4-5,9H2,1-3H3. The van der Waals surface area contributed by atoms with Crippen LogP contribution in [0.15, 0.2) is 32.2 Å². The number of aryl methyl sites for hydroxylation is 2. The number of nitrogens with zero attached hydrogens (tertiary/aromatic N) is 1. The molecular formula is C17H19BrN2O4S. The quantitative estimate of drug-likeness (QED) is 0.817. The number of nitrogens with one attached hydrogen (secondary N) is 1. The van der Waals surface area contributed by atoms with Crippen LogP contribution in [0.1, 0.15) is 32.8 Å². The molecule has 0 fully saturated rings. The Morgan fingerprint density at radius 1 is 1.28 bits per heavy atom. The number of hydrogen-bond acceptors (Lipinski definition) is 4. The first-order valence-corrected chi connectivity index (χ1v) is 10.1. The first kappa shape index (κ1) is 18.2. The summed E-state index contributed by atoms with van der Waals surface area (Å²) in [5.41, 5.74) is 3.73. The molecule has 0 radical (unpaired) electrons. The van der Waals surface area contributed by atoms with Gasteiger partial charge in [0.1, 0.15) is 5.76 Å². The van der Waals surface area contributed by atoms with Gasteiger partial charge in [-0.2, -0.15) is 0 Å². The minimum atomic E-state index is -3.72. The Balaban J connectivity index is 1.90. The lowest BCUT2D eigenvalue weighted by atomic mass is 9.97. The summed E-state index contributed by atoms with van der Waals surface area (Å²) in [7, 11) is -2.42. The van der Waals surface area contributed by atoms with Crippen LogP contribution in [-0.4, -0.2) is 32.8 Å². The van der Waals surface area contributed by atoms with E-state index in [1.165, 1.54) is 18.7 Å². The van der Waals surface area contributed by atoms with Gasteiger partial charge in [0.25, 0.3) is 15.9 Å². The van der Waals surface area contributed by atoms with E-state index in [0.717, 1.165) is 22.0 Å². The fourth-order valence-electron chi connectivity index (χ4n) is 3.04. The van der Waals surface area contributed by atoms with Crippen LogP contribution in [0.4, 0.5) is 0 Å². The molecule has 2 heterocycles. The summed E-state index contributed by atoms with van der Waals surface area (Å²) in [5, 5.41) is -0.244. The molecule has 1 aliphatic rings. The maximum absolute atomic E-state index is 12.9. The number of amides is 1. The second-order valence-corrected chi connectivity index (χ2v) is 8.78. The average molecular weight is 427 g/mol. The van der Waals surface area contributed by atoms with Crippen molar-refractivity contribution in [2.24, 2.45) is 0 Å². The molecule has 1 aliphatic heterocycles. The third-order valence-corrected chi connectivity index (χ3v) is 6.35. The predicted molar refractivity (Wildman–Crippen MR) is 97.0 cm³/mol. The Morgan fingerprint density at radius 2 is 2.00 bits per heavy atom. The van der Waals surface area contributed by atoms with Crippen LogP contribution in [0.25, 0.3) is 0 Å². The van der Waals surface area contributed by atoms with Crippen molar-refractivity contribution in [2.75, 3.05) is 13.6 Å². The fraction of sp³-hybridized carbons (Fsp3) is 0.353. The molecule has 6 nitrogen and oxygen atoms in total. The van der Waals surface area contributed by atoms with E-state index in [-0.39, 0.29) is 16.6 Å². The molecule has 2 aromatic rings. The largest absolute Gasteiger partial charge is 0.448 e. The number of benzene rings is 1. The number of fused-ring (bicyclic) bond motifs is 1. The second-order valence-electron chi connectivity index (χ2n) is 6.10. The maximum Gasteiger partial charge on any atom is 0.273 e. The molecule has 25 heavy (non-hydrogen) atoms. The zero-order valence-electron chi connectivity index (χ0n) is 14.2. The van der Waals surface area contributed by atoms with Gasteiger partial charge in [-0.15, -0.1) is 0 Å². The first-order chi connectivity index (χ1) is 11.7. The molecule has 1 aromatic heterocycles. The van der Waals surface area contributed by atoms with Gasteiger partial charge in [0.15, 0.2) is 0 Å². The van der Waals surface area contributed by atoms with Gasteiger partial charge in [0, 0.05) is 23.6 Å². The van der Waals surface area contributed by atoms with Crippen molar-refractivity contribution in [2.45, 2.75) is 31.9 Å². The molecule has 134 valence electrons. The lowest BCUT2D eigenvalue weighted by Gasteiger charge is -2.29.